The first-order chi connectivity index (χ1) is 12.6. The fraction of sp³-hybridized carbons (Fsp3) is 0.235. The van der Waals surface area contributed by atoms with Crippen molar-refractivity contribution >= 4 is 56.4 Å². The van der Waals surface area contributed by atoms with Gasteiger partial charge in [-0.05, 0) is 50.2 Å². The zero-order chi connectivity index (χ0) is 20.2. The molecule has 0 saturated carbocycles. The second-order valence-electron chi connectivity index (χ2n) is 5.83. The average molecular weight is 452 g/mol. The van der Waals surface area contributed by atoms with Gasteiger partial charge in [0.15, 0.2) is 6.61 Å². The van der Waals surface area contributed by atoms with Gasteiger partial charge in [0.1, 0.15) is 5.75 Å². The topological polar surface area (TPSA) is 84.5 Å². The lowest BCUT2D eigenvalue weighted by molar-refractivity contribution is -0.118. The van der Waals surface area contributed by atoms with Crippen LogP contribution in [0.2, 0.25) is 15.1 Å². The van der Waals surface area contributed by atoms with Gasteiger partial charge in [-0.3, -0.25) is 4.79 Å². The SMILES string of the molecule is CC(C)NS(=O)(=O)c1ccc(OCC(=O)Nc2cc(Cl)ccc2Cl)c(Cl)c1. The van der Waals surface area contributed by atoms with Gasteiger partial charge in [-0.25, -0.2) is 13.1 Å². The van der Waals surface area contributed by atoms with Crippen LogP contribution in [0.15, 0.2) is 41.3 Å². The highest BCUT2D eigenvalue weighted by atomic mass is 35.5. The predicted octanol–water partition coefficient (Wildman–Crippen LogP) is 4.35. The molecule has 2 aromatic rings. The fourth-order valence-corrected chi connectivity index (χ4v) is 3.98. The normalized spacial score (nSPS) is 11.5. The molecule has 0 bridgehead atoms. The molecule has 2 N–H and O–H groups in total. The molecule has 0 aromatic heterocycles. The predicted molar refractivity (Wildman–Crippen MR) is 107 cm³/mol. The van der Waals surface area contributed by atoms with Gasteiger partial charge in [0.25, 0.3) is 5.91 Å². The molecule has 0 aliphatic carbocycles. The Hall–Kier alpha value is -1.51. The van der Waals surface area contributed by atoms with Crippen molar-refractivity contribution in [3.63, 3.8) is 0 Å². The Morgan fingerprint density at radius 1 is 1.07 bits per heavy atom. The first-order valence-corrected chi connectivity index (χ1v) is 10.4. The Labute approximate surface area is 172 Å². The monoisotopic (exact) mass is 450 g/mol. The van der Waals surface area contributed by atoms with Gasteiger partial charge in [0.05, 0.1) is 20.6 Å². The average Bonchev–Trinajstić information content (AvgIpc) is 2.56. The van der Waals surface area contributed by atoms with Crippen LogP contribution in [0.1, 0.15) is 13.8 Å². The van der Waals surface area contributed by atoms with Gasteiger partial charge in [0, 0.05) is 11.1 Å². The van der Waals surface area contributed by atoms with Crippen molar-refractivity contribution in [1.82, 2.24) is 4.72 Å². The van der Waals surface area contributed by atoms with Crippen molar-refractivity contribution in [2.24, 2.45) is 0 Å². The summed E-state index contributed by atoms with van der Waals surface area (Å²) in [6.45, 7) is 3.07. The molecule has 0 atom stereocenters. The summed E-state index contributed by atoms with van der Waals surface area (Å²) in [7, 11) is -3.68. The van der Waals surface area contributed by atoms with E-state index in [1.54, 1.807) is 26.0 Å². The quantitative estimate of drug-likeness (QED) is 0.655. The van der Waals surface area contributed by atoms with E-state index in [1.165, 1.54) is 24.3 Å². The molecule has 6 nitrogen and oxygen atoms in total. The lowest BCUT2D eigenvalue weighted by Crippen LogP contribution is -2.30. The summed E-state index contributed by atoms with van der Waals surface area (Å²) in [4.78, 5) is 12.0. The highest BCUT2D eigenvalue weighted by Crippen LogP contribution is 2.28. The molecular weight excluding hydrogens is 435 g/mol. The van der Waals surface area contributed by atoms with Gasteiger partial charge in [-0.2, -0.15) is 0 Å². The summed E-state index contributed by atoms with van der Waals surface area (Å²) in [6.07, 6.45) is 0. The second-order valence-corrected chi connectivity index (χ2v) is 8.79. The Kier molecular flexibility index (Phi) is 7.36. The number of sulfonamides is 1. The first kappa shape index (κ1) is 21.8. The summed E-state index contributed by atoms with van der Waals surface area (Å²) >= 11 is 17.9. The van der Waals surface area contributed by atoms with Crippen LogP contribution in [0, 0.1) is 0 Å². The third kappa shape index (κ3) is 6.26. The van der Waals surface area contributed by atoms with Gasteiger partial charge in [-0.15, -0.1) is 0 Å². The molecule has 146 valence electrons. The first-order valence-electron chi connectivity index (χ1n) is 7.78. The smallest absolute Gasteiger partial charge is 0.262 e. The number of amides is 1. The molecule has 1 amide bonds. The third-order valence-corrected chi connectivity index (χ3v) is 5.68. The largest absolute Gasteiger partial charge is 0.482 e. The molecule has 0 aliphatic heterocycles. The molecular formula is C17H17Cl3N2O4S. The van der Waals surface area contributed by atoms with Crippen molar-refractivity contribution in [3.05, 3.63) is 51.5 Å². The van der Waals surface area contributed by atoms with Crippen LogP contribution < -0.4 is 14.8 Å². The number of anilines is 1. The highest BCUT2D eigenvalue weighted by Gasteiger charge is 2.17. The number of benzene rings is 2. The zero-order valence-electron chi connectivity index (χ0n) is 14.4. The summed E-state index contributed by atoms with van der Waals surface area (Å²) in [5, 5.41) is 3.39. The van der Waals surface area contributed by atoms with E-state index in [1.807, 2.05) is 0 Å². The number of rotatable bonds is 7. The van der Waals surface area contributed by atoms with Crippen LogP contribution in [0.3, 0.4) is 0 Å². The highest BCUT2D eigenvalue weighted by molar-refractivity contribution is 7.89. The molecule has 0 spiro atoms. The number of hydrogen-bond donors (Lipinski definition) is 2. The van der Waals surface area contributed by atoms with Crippen LogP contribution in [-0.4, -0.2) is 27.0 Å². The third-order valence-electron chi connectivity index (χ3n) is 3.17. The maximum Gasteiger partial charge on any atom is 0.262 e. The molecule has 0 radical (unpaired) electrons. The fourth-order valence-electron chi connectivity index (χ4n) is 2.07. The minimum absolute atomic E-state index is 0.00344. The van der Waals surface area contributed by atoms with Crippen LogP contribution in [0.4, 0.5) is 5.69 Å². The van der Waals surface area contributed by atoms with Crippen molar-refractivity contribution in [3.8, 4) is 5.75 Å². The summed E-state index contributed by atoms with van der Waals surface area (Å²) in [5.41, 5.74) is 0.352. The molecule has 0 heterocycles. The van der Waals surface area contributed by atoms with Gasteiger partial charge >= 0.3 is 0 Å². The summed E-state index contributed by atoms with van der Waals surface area (Å²) in [5.74, 6) is -0.305. The van der Waals surface area contributed by atoms with E-state index in [4.69, 9.17) is 39.5 Å². The van der Waals surface area contributed by atoms with E-state index in [0.717, 1.165) is 0 Å². The standard InChI is InChI=1S/C17H17Cl3N2O4S/c1-10(2)22-27(24,25)12-4-6-16(14(20)8-12)26-9-17(23)21-15-7-11(18)3-5-13(15)19/h3-8,10,22H,9H2,1-2H3,(H,21,23). The van der Waals surface area contributed by atoms with Gasteiger partial charge in [-0.1, -0.05) is 34.8 Å². The molecule has 2 aromatic carbocycles. The lowest BCUT2D eigenvalue weighted by Gasteiger charge is -2.12. The summed E-state index contributed by atoms with van der Waals surface area (Å²) < 4.78 is 32.1. The Bertz CT molecular complexity index is 949. The van der Waals surface area contributed by atoms with Crippen LogP contribution in [-0.2, 0) is 14.8 Å². The lowest BCUT2D eigenvalue weighted by atomic mass is 10.3. The van der Waals surface area contributed by atoms with E-state index in [0.29, 0.717) is 15.7 Å². The summed E-state index contributed by atoms with van der Waals surface area (Å²) in [6, 6.07) is 8.39. The van der Waals surface area contributed by atoms with Crippen molar-refractivity contribution in [2.75, 3.05) is 11.9 Å². The number of hydrogen-bond acceptors (Lipinski definition) is 4. The van der Waals surface area contributed by atoms with E-state index in [9.17, 15) is 13.2 Å². The number of ether oxygens (including phenoxy) is 1. The van der Waals surface area contributed by atoms with E-state index in [2.05, 4.69) is 10.0 Å². The molecule has 10 heteroatoms. The van der Waals surface area contributed by atoms with Crippen LogP contribution in [0.25, 0.3) is 0 Å². The second kappa shape index (κ2) is 9.12. The minimum Gasteiger partial charge on any atom is -0.482 e. The number of carbonyl (C=O) groups excluding carboxylic acids is 1. The minimum atomic E-state index is -3.68. The van der Waals surface area contributed by atoms with Gasteiger partial charge in [0.2, 0.25) is 10.0 Å². The van der Waals surface area contributed by atoms with E-state index in [-0.39, 0.29) is 28.3 Å². The zero-order valence-corrected chi connectivity index (χ0v) is 17.5. The van der Waals surface area contributed by atoms with E-state index < -0.39 is 15.9 Å². The number of halogens is 3. The van der Waals surface area contributed by atoms with Crippen LogP contribution >= 0.6 is 34.8 Å². The van der Waals surface area contributed by atoms with E-state index >= 15 is 0 Å². The van der Waals surface area contributed by atoms with Crippen molar-refractivity contribution < 1.29 is 17.9 Å². The molecule has 2 rings (SSSR count). The molecule has 0 fully saturated rings. The maximum absolute atomic E-state index is 12.1. The van der Waals surface area contributed by atoms with Crippen molar-refractivity contribution in [2.45, 2.75) is 24.8 Å². The Morgan fingerprint density at radius 3 is 2.41 bits per heavy atom. The van der Waals surface area contributed by atoms with Crippen molar-refractivity contribution in [1.29, 1.82) is 0 Å². The Morgan fingerprint density at radius 2 is 1.78 bits per heavy atom. The maximum atomic E-state index is 12.1. The van der Waals surface area contributed by atoms with Crippen LogP contribution in [0.5, 0.6) is 5.75 Å². The number of nitrogens with one attached hydrogen (secondary N) is 2. The van der Waals surface area contributed by atoms with Gasteiger partial charge < -0.3 is 10.1 Å². The molecule has 0 unspecified atom stereocenters. The molecule has 0 saturated heterocycles. The Balaban J connectivity index is 2.04. The number of carbonyl (C=O) groups is 1. The molecule has 0 aliphatic rings. The molecule has 27 heavy (non-hydrogen) atoms.